The molecule has 0 bridgehead atoms. The predicted molar refractivity (Wildman–Crippen MR) is 69.1 cm³/mol. The molecule has 3 nitrogen and oxygen atoms in total. The number of anilines is 1. The summed E-state index contributed by atoms with van der Waals surface area (Å²) in [6, 6.07) is 9.05. The first kappa shape index (κ1) is 10.6. The van der Waals surface area contributed by atoms with Gasteiger partial charge in [0.05, 0.1) is 0 Å². The number of oxazole rings is 1. The Morgan fingerprint density at radius 3 is 2.94 bits per heavy atom. The van der Waals surface area contributed by atoms with Crippen LogP contribution in [0.1, 0.15) is 32.6 Å². The van der Waals surface area contributed by atoms with E-state index in [1.165, 1.54) is 19.3 Å². The zero-order valence-corrected chi connectivity index (χ0v) is 10.1. The van der Waals surface area contributed by atoms with Gasteiger partial charge in [-0.25, -0.2) is 0 Å². The molecule has 1 N–H and O–H groups in total. The Bertz CT molecular complexity index is 469. The van der Waals surface area contributed by atoms with Crippen LogP contribution in [0.3, 0.4) is 0 Å². The van der Waals surface area contributed by atoms with Crippen molar-refractivity contribution in [2.75, 3.05) is 5.32 Å². The van der Waals surface area contributed by atoms with Gasteiger partial charge < -0.3 is 9.73 Å². The van der Waals surface area contributed by atoms with Crippen LogP contribution >= 0.6 is 0 Å². The number of fused-ring (bicyclic) bond motifs is 1. The summed E-state index contributed by atoms with van der Waals surface area (Å²) in [4.78, 5) is 4.45. The lowest BCUT2D eigenvalue weighted by Crippen LogP contribution is -2.19. The lowest BCUT2D eigenvalue weighted by Gasteiger charge is -2.14. The van der Waals surface area contributed by atoms with Crippen molar-refractivity contribution in [2.24, 2.45) is 5.92 Å². The maximum Gasteiger partial charge on any atom is 0.295 e. The van der Waals surface area contributed by atoms with Gasteiger partial charge in [0.1, 0.15) is 5.52 Å². The quantitative estimate of drug-likeness (QED) is 0.848. The Kier molecular flexibility index (Phi) is 2.75. The largest absolute Gasteiger partial charge is 0.424 e. The standard InChI is InChI=1S/C14H18N2O/c1-2-11(9-10-7-8-10)15-14-16-12-5-3-4-6-13(12)17-14/h3-6,10-11H,2,7-9H2,1H3,(H,15,16). The first-order valence-electron chi connectivity index (χ1n) is 6.47. The highest BCUT2D eigenvalue weighted by atomic mass is 16.4. The first-order chi connectivity index (χ1) is 8.35. The van der Waals surface area contributed by atoms with Crippen LogP contribution in [0, 0.1) is 5.92 Å². The molecule has 1 saturated carbocycles. The normalized spacial score (nSPS) is 17.2. The molecule has 1 heterocycles. The van der Waals surface area contributed by atoms with Crippen LogP contribution in [0.15, 0.2) is 28.7 Å². The Morgan fingerprint density at radius 1 is 1.41 bits per heavy atom. The molecule has 1 atom stereocenters. The number of aromatic nitrogens is 1. The maximum absolute atomic E-state index is 5.68. The highest BCUT2D eigenvalue weighted by Crippen LogP contribution is 2.34. The summed E-state index contributed by atoms with van der Waals surface area (Å²) >= 11 is 0. The zero-order chi connectivity index (χ0) is 11.7. The lowest BCUT2D eigenvalue weighted by atomic mass is 10.1. The van der Waals surface area contributed by atoms with E-state index in [0.29, 0.717) is 12.1 Å². The summed E-state index contributed by atoms with van der Waals surface area (Å²) in [5.74, 6) is 0.928. The molecule has 3 heteroatoms. The number of para-hydroxylation sites is 2. The smallest absolute Gasteiger partial charge is 0.295 e. The molecule has 0 amide bonds. The fraction of sp³-hybridized carbons (Fsp3) is 0.500. The molecule has 0 aliphatic heterocycles. The van der Waals surface area contributed by atoms with Gasteiger partial charge in [-0.15, -0.1) is 0 Å². The number of nitrogens with zero attached hydrogens (tertiary/aromatic N) is 1. The van der Waals surface area contributed by atoms with E-state index >= 15 is 0 Å². The summed E-state index contributed by atoms with van der Waals surface area (Å²) in [5, 5.41) is 3.41. The topological polar surface area (TPSA) is 38.1 Å². The van der Waals surface area contributed by atoms with Gasteiger partial charge >= 0.3 is 0 Å². The second-order valence-electron chi connectivity index (χ2n) is 4.92. The van der Waals surface area contributed by atoms with E-state index in [0.717, 1.165) is 23.4 Å². The Balaban J connectivity index is 1.73. The van der Waals surface area contributed by atoms with Crippen molar-refractivity contribution in [3.05, 3.63) is 24.3 Å². The Morgan fingerprint density at radius 2 is 2.24 bits per heavy atom. The van der Waals surface area contributed by atoms with E-state index in [-0.39, 0.29) is 0 Å². The van der Waals surface area contributed by atoms with Gasteiger partial charge in [-0.2, -0.15) is 4.98 Å². The van der Waals surface area contributed by atoms with Crippen molar-refractivity contribution in [2.45, 2.75) is 38.6 Å². The van der Waals surface area contributed by atoms with E-state index < -0.39 is 0 Å². The summed E-state index contributed by atoms with van der Waals surface area (Å²) < 4.78 is 5.68. The molecular formula is C14H18N2O. The van der Waals surface area contributed by atoms with Gasteiger partial charge in [0.2, 0.25) is 0 Å². The maximum atomic E-state index is 5.68. The Labute approximate surface area is 101 Å². The fourth-order valence-electron chi connectivity index (χ4n) is 2.19. The van der Waals surface area contributed by atoms with Crippen LogP contribution in [0.5, 0.6) is 0 Å². The first-order valence-corrected chi connectivity index (χ1v) is 6.47. The third-order valence-corrected chi connectivity index (χ3v) is 3.43. The van der Waals surface area contributed by atoms with Crippen molar-refractivity contribution in [3.8, 4) is 0 Å². The van der Waals surface area contributed by atoms with Gasteiger partial charge in [0.15, 0.2) is 5.58 Å². The highest BCUT2D eigenvalue weighted by Gasteiger charge is 2.25. The van der Waals surface area contributed by atoms with E-state index in [2.05, 4.69) is 17.2 Å². The van der Waals surface area contributed by atoms with Crippen LogP contribution in [-0.4, -0.2) is 11.0 Å². The number of benzene rings is 1. The van der Waals surface area contributed by atoms with Gasteiger partial charge in [-0.1, -0.05) is 31.9 Å². The minimum atomic E-state index is 0.496. The molecule has 0 spiro atoms. The van der Waals surface area contributed by atoms with Crippen molar-refractivity contribution in [1.29, 1.82) is 0 Å². The van der Waals surface area contributed by atoms with Crippen LogP contribution < -0.4 is 5.32 Å². The van der Waals surface area contributed by atoms with Crippen LogP contribution in [0.4, 0.5) is 6.01 Å². The predicted octanol–water partition coefficient (Wildman–Crippen LogP) is 3.82. The van der Waals surface area contributed by atoms with Crippen LogP contribution in [-0.2, 0) is 0 Å². The Hall–Kier alpha value is -1.51. The zero-order valence-electron chi connectivity index (χ0n) is 10.1. The summed E-state index contributed by atoms with van der Waals surface area (Å²) in [7, 11) is 0. The van der Waals surface area contributed by atoms with E-state index in [1.807, 2.05) is 24.3 Å². The summed E-state index contributed by atoms with van der Waals surface area (Å²) in [6.45, 7) is 2.21. The third kappa shape index (κ3) is 2.43. The van der Waals surface area contributed by atoms with Crippen LogP contribution in [0.2, 0.25) is 0 Å². The second-order valence-corrected chi connectivity index (χ2v) is 4.92. The minimum Gasteiger partial charge on any atom is -0.424 e. The van der Waals surface area contributed by atoms with Crippen molar-refractivity contribution < 1.29 is 4.42 Å². The lowest BCUT2D eigenvalue weighted by molar-refractivity contribution is 0.545. The monoisotopic (exact) mass is 230 g/mol. The molecule has 1 aromatic carbocycles. The molecule has 0 saturated heterocycles. The number of hydrogen-bond donors (Lipinski definition) is 1. The third-order valence-electron chi connectivity index (χ3n) is 3.43. The SMILES string of the molecule is CCC(CC1CC1)Nc1nc2ccccc2o1. The van der Waals surface area contributed by atoms with Gasteiger partial charge in [-0.05, 0) is 30.9 Å². The molecule has 1 unspecified atom stereocenters. The highest BCUT2D eigenvalue weighted by molar-refractivity contribution is 5.74. The molecule has 17 heavy (non-hydrogen) atoms. The molecule has 1 aliphatic carbocycles. The van der Waals surface area contributed by atoms with Crippen LogP contribution in [0.25, 0.3) is 11.1 Å². The molecule has 3 rings (SSSR count). The van der Waals surface area contributed by atoms with Gasteiger partial charge in [0.25, 0.3) is 6.01 Å². The van der Waals surface area contributed by atoms with Gasteiger partial charge in [-0.3, -0.25) is 0 Å². The molecule has 0 radical (unpaired) electrons. The number of nitrogens with one attached hydrogen (secondary N) is 1. The molecule has 90 valence electrons. The van der Waals surface area contributed by atoms with Gasteiger partial charge in [0, 0.05) is 6.04 Å². The molecular weight excluding hydrogens is 212 g/mol. The molecule has 1 aromatic heterocycles. The van der Waals surface area contributed by atoms with Crippen molar-refractivity contribution in [1.82, 2.24) is 4.98 Å². The minimum absolute atomic E-state index is 0.496. The molecule has 1 aliphatic rings. The fourth-order valence-corrected chi connectivity index (χ4v) is 2.19. The van der Waals surface area contributed by atoms with E-state index in [9.17, 15) is 0 Å². The summed E-state index contributed by atoms with van der Waals surface area (Å²) in [5.41, 5.74) is 1.78. The van der Waals surface area contributed by atoms with E-state index in [4.69, 9.17) is 4.42 Å². The number of hydrogen-bond acceptors (Lipinski definition) is 3. The molecule has 1 fully saturated rings. The average molecular weight is 230 g/mol. The summed E-state index contributed by atoms with van der Waals surface area (Å²) in [6.07, 6.45) is 5.15. The second kappa shape index (κ2) is 4.40. The van der Waals surface area contributed by atoms with Crippen molar-refractivity contribution >= 4 is 17.1 Å². The van der Waals surface area contributed by atoms with E-state index in [1.54, 1.807) is 0 Å². The average Bonchev–Trinajstić information content (AvgIpc) is 3.06. The number of rotatable bonds is 5. The van der Waals surface area contributed by atoms with Crippen molar-refractivity contribution in [3.63, 3.8) is 0 Å². The molecule has 2 aromatic rings.